The highest BCUT2D eigenvalue weighted by atomic mass is 19.1. The maximum Gasteiger partial charge on any atom is 0.140 e. The summed E-state index contributed by atoms with van der Waals surface area (Å²) in [6.07, 6.45) is 0. The van der Waals surface area contributed by atoms with E-state index in [4.69, 9.17) is 0 Å². The van der Waals surface area contributed by atoms with Crippen molar-refractivity contribution in [3.05, 3.63) is 44.1 Å². The third-order valence-corrected chi connectivity index (χ3v) is 4.93. The number of nitrogens with zero attached hydrogens (tertiary/aromatic N) is 4. The Kier molecular flexibility index (Phi) is 4.80. The van der Waals surface area contributed by atoms with Crippen LogP contribution in [0.5, 0.6) is 0 Å². The minimum absolute atomic E-state index is 0.0134. The lowest BCUT2D eigenvalue weighted by Gasteiger charge is -2.17. The molecule has 0 heterocycles. The fourth-order valence-electron chi connectivity index (χ4n) is 3.63. The quantitative estimate of drug-likeness (QED) is 0.735. The monoisotopic (exact) mass is 342 g/mol. The third-order valence-electron chi connectivity index (χ3n) is 4.93. The summed E-state index contributed by atoms with van der Waals surface area (Å²) in [6, 6.07) is 7.35. The van der Waals surface area contributed by atoms with Gasteiger partial charge >= 0.3 is 0 Å². The number of rotatable bonds is 0. The summed E-state index contributed by atoms with van der Waals surface area (Å²) >= 11 is 0. The van der Waals surface area contributed by atoms with Crippen LogP contribution in [0.25, 0.3) is 21.9 Å². The van der Waals surface area contributed by atoms with Crippen LogP contribution in [-0.4, -0.2) is 0 Å². The molecule has 0 saturated heterocycles. The second-order valence-electron chi connectivity index (χ2n) is 6.14. The fourth-order valence-corrected chi connectivity index (χ4v) is 3.63. The minimum atomic E-state index is -0.624. The zero-order valence-electron chi connectivity index (χ0n) is 15.2. The molecule has 2 rings (SSSR count). The van der Waals surface area contributed by atoms with Gasteiger partial charge in [0.05, 0.1) is 0 Å². The molecule has 0 N–H and O–H groups in total. The molecule has 0 aromatic heterocycles. The zero-order valence-corrected chi connectivity index (χ0v) is 15.2. The van der Waals surface area contributed by atoms with E-state index >= 15 is 4.39 Å². The van der Waals surface area contributed by atoms with Gasteiger partial charge in [-0.1, -0.05) is 0 Å². The highest BCUT2D eigenvalue weighted by molar-refractivity contribution is 5.97. The molecule has 0 aliphatic rings. The lowest BCUT2D eigenvalue weighted by atomic mass is 9.86. The van der Waals surface area contributed by atoms with Crippen LogP contribution in [0, 0.1) is 85.8 Å². The van der Waals surface area contributed by atoms with Gasteiger partial charge in [-0.05, 0) is 73.2 Å². The summed E-state index contributed by atoms with van der Waals surface area (Å²) < 4.78 is 15.1. The molecule has 26 heavy (non-hydrogen) atoms. The normalized spacial score (nSPS) is 9.77. The first-order valence-corrected chi connectivity index (χ1v) is 7.83. The second-order valence-corrected chi connectivity index (χ2v) is 6.14. The molecule has 0 atom stereocenters. The molecule has 0 spiro atoms. The predicted octanol–water partition coefficient (Wildman–Crippen LogP) is 2.92. The van der Waals surface area contributed by atoms with Gasteiger partial charge in [0.2, 0.25) is 0 Å². The molecule has 0 amide bonds. The minimum Gasteiger partial charge on any atom is -0.206 e. The Labute approximate surface area is 150 Å². The average molecular weight is 342 g/mol. The summed E-state index contributed by atoms with van der Waals surface area (Å²) in [7, 11) is 0. The molecule has 126 valence electrons. The number of halogens is 1. The standard InChI is InChI=1S/C21H15FN4/c1-10-11(2)18-13(4)20(16(8-25)9-26)21(22)14(5)19(18)12(3)17(10)15(6-23)7-24/h1-5H3. The van der Waals surface area contributed by atoms with Crippen molar-refractivity contribution in [2.24, 2.45) is 0 Å². The summed E-state index contributed by atoms with van der Waals surface area (Å²) in [4.78, 5) is 0. The van der Waals surface area contributed by atoms with E-state index in [2.05, 4.69) is 0 Å². The van der Waals surface area contributed by atoms with Crippen LogP contribution in [0.4, 0.5) is 4.39 Å². The lowest BCUT2D eigenvalue weighted by Crippen LogP contribution is -2.22. The first-order valence-electron chi connectivity index (χ1n) is 7.83. The van der Waals surface area contributed by atoms with Gasteiger partial charge in [-0.3, -0.25) is 0 Å². The fraction of sp³-hybridized carbons (Fsp3) is 0.238. The first kappa shape index (κ1) is 18.7. The molecule has 0 aliphatic carbocycles. The van der Waals surface area contributed by atoms with Gasteiger partial charge in [0, 0.05) is 10.4 Å². The molecular weight excluding hydrogens is 327 g/mol. The van der Waals surface area contributed by atoms with E-state index in [1.54, 1.807) is 32.9 Å². The summed E-state index contributed by atoms with van der Waals surface area (Å²) in [5, 5.41) is 38.9. The summed E-state index contributed by atoms with van der Waals surface area (Å²) in [5.74, 6) is -0.624. The van der Waals surface area contributed by atoms with Crippen LogP contribution in [0.1, 0.15) is 27.8 Å². The Bertz CT molecular complexity index is 1140. The van der Waals surface area contributed by atoms with Crippen molar-refractivity contribution in [2.75, 3.05) is 0 Å². The summed E-state index contributed by atoms with van der Waals surface area (Å²) in [6.45, 7) is 8.66. The van der Waals surface area contributed by atoms with E-state index in [-0.39, 0.29) is 16.4 Å². The van der Waals surface area contributed by atoms with Gasteiger partial charge in [-0.2, -0.15) is 21.0 Å². The maximum atomic E-state index is 15.1. The van der Waals surface area contributed by atoms with Crippen molar-refractivity contribution in [2.45, 2.75) is 34.6 Å². The molecule has 2 aromatic rings. The number of nitriles is 4. The molecule has 0 unspecified atom stereocenters. The molecule has 0 aliphatic heterocycles. The van der Waals surface area contributed by atoms with Crippen molar-refractivity contribution >= 4 is 21.9 Å². The van der Waals surface area contributed by atoms with Gasteiger partial charge in [-0.15, -0.1) is 0 Å². The number of hydrogen-bond donors (Lipinski definition) is 0. The number of aryl methyl sites for hydroxylation is 4. The van der Waals surface area contributed by atoms with Gasteiger partial charge in [0.15, 0.2) is 0 Å². The van der Waals surface area contributed by atoms with Crippen LogP contribution >= 0.6 is 0 Å². The molecule has 2 aromatic carbocycles. The molecule has 0 bridgehead atoms. The van der Waals surface area contributed by atoms with E-state index in [1.165, 1.54) is 0 Å². The molecular formula is C21H15FN4. The number of fused-ring (bicyclic) bond motifs is 1. The SMILES string of the molecule is Cc1c(C)c2c(C)c(=C(C#N)C#N)c(F)c(C)c2c(C)c1=C(C#N)C#N. The van der Waals surface area contributed by atoms with Crippen molar-refractivity contribution in [1.82, 2.24) is 0 Å². The van der Waals surface area contributed by atoms with E-state index in [0.717, 1.165) is 16.5 Å². The maximum absolute atomic E-state index is 15.1. The molecule has 0 fully saturated rings. The van der Waals surface area contributed by atoms with Crippen LogP contribution in [0.2, 0.25) is 0 Å². The zero-order chi connectivity index (χ0) is 19.8. The van der Waals surface area contributed by atoms with Crippen molar-refractivity contribution < 1.29 is 4.39 Å². The topological polar surface area (TPSA) is 95.2 Å². The van der Waals surface area contributed by atoms with Crippen LogP contribution in [0.15, 0.2) is 0 Å². The predicted molar refractivity (Wildman–Crippen MR) is 96.1 cm³/mol. The average Bonchev–Trinajstić information content (AvgIpc) is 2.63. The van der Waals surface area contributed by atoms with Crippen molar-refractivity contribution in [1.29, 1.82) is 21.0 Å². The first-order chi connectivity index (χ1) is 12.3. The van der Waals surface area contributed by atoms with E-state index in [1.807, 2.05) is 26.0 Å². The van der Waals surface area contributed by atoms with Crippen LogP contribution in [-0.2, 0) is 0 Å². The van der Waals surface area contributed by atoms with E-state index in [9.17, 15) is 21.0 Å². The Morgan fingerprint density at radius 2 is 0.962 bits per heavy atom. The molecule has 0 saturated carbocycles. The largest absolute Gasteiger partial charge is 0.206 e. The highest BCUT2D eigenvalue weighted by Gasteiger charge is 2.19. The summed E-state index contributed by atoms with van der Waals surface area (Å²) in [5.41, 5.74) is 2.69. The number of benzene rings is 2. The van der Waals surface area contributed by atoms with Crippen molar-refractivity contribution in [3.63, 3.8) is 0 Å². The Hall–Kier alpha value is -3.67. The molecule has 4 nitrogen and oxygen atoms in total. The van der Waals surface area contributed by atoms with Gasteiger partial charge < -0.3 is 0 Å². The third kappa shape index (κ3) is 2.39. The van der Waals surface area contributed by atoms with Crippen LogP contribution < -0.4 is 10.4 Å². The van der Waals surface area contributed by atoms with Gasteiger partial charge in [-0.25, -0.2) is 4.39 Å². The number of hydrogen-bond acceptors (Lipinski definition) is 4. The second kappa shape index (κ2) is 6.68. The van der Waals surface area contributed by atoms with E-state index in [0.29, 0.717) is 27.3 Å². The van der Waals surface area contributed by atoms with Crippen molar-refractivity contribution in [3.8, 4) is 24.3 Å². The lowest BCUT2D eigenvalue weighted by molar-refractivity contribution is 0.610. The van der Waals surface area contributed by atoms with Gasteiger partial charge in [0.25, 0.3) is 0 Å². The van der Waals surface area contributed by atoms with Crippen LogP contribution in [0.3, 0.4) is 0 Å². The molecule has 0 radical (unpaired) electrons. The Balaban J connectivity index is 3.48. The smallest absolute Gasteiger partial charge is 0.140 e. The molecule has 5 heteroatoms. The van der Waals surface area contributed by atoms with E-state index < -0.39 is 5.82 Å². The Morgan fingerprint density at radius 1 is 0.577 bits per heavy atom. The Morgan fingerprint density at radius 3 is 1.42 bits per heavy atom. The highest BCUT2D eigenvalue weighted by Crippen LogP contribution is 2.28. The van der Waals surface area contributed by atoms with Gasteiger partial charge in [0.1, 0.15) is 41.2 Å².